The van der Waals surface area contributed by atoms with Crippen LogP contribution in [-0.2, 0) is 24.2 Å². The van der Waals surface area contributed by atoms with E-state index in [1.807, 2.05) is 36.4 Å². The van der Waals surface area contributed by atoms with E-state index in [4.69, 9.17) is 0 Å². The molecule has 0 saturated carbocycles. The molecule has 3 aromatic rings. The molecule has 4 nitrogen and oxygen atoms in total. The number of rotatable bonds is 10. The Morgan fingerprint density at radius 1 is 0.857 bits per heavy atom. The minimum absolute atomic E-state index is 0.0208. The lowest BCUT2D eigenvalue weighted by atomic mass is 10.0. The van der Waals surface area contributed by atoms with Crippen molar-refractivity contribution < 1.29 is 4.79 Å². The standard InChI is InChI=1S/C24H27N3O/c28-24(27-19-22-14-7-15-25-18-22)23(17-21-11-5-2-6-12-21)26-16-8-13-20-9-3-1-4-10-20/h1-7,9-12,14-15,18,23,26H,8,13,16-17,19H2,(H,27,28). The van der Waals surface area contributed by atoms with Crippen LogP contribution in [0.25, 0.3) is 0 Å². The van der Waals surface area contributed by atoms with Crippen molar-refractivity contribution in [1.29, 1.82) is 0 Å². The van der Waals surface area contributed by atoms with Crippen molar-refractivity contribution in [3.8, 4) is 0 Å². The molecule has 1 amide bonds. The molecule has 0 spiro atoms. The zero-order valence-electron chi connectivity index (χ0n) is 16.1. The monoisotopic (exact) mass is 373 g/mol. The molecular weight excluding hydrogens is 346 g/mol. The summed E-state index contributed by atoms with van der Waals surface area (Å²) in [5, 5.41) is 6.48. The van der Waals surface area contributed by atoms with Gasteiger partial charge >= 0.3 is 0 Å². The van der Waals surface area contributed by atoms with Gasteiger partial charge in [-0.1, -0.05) is 66.7 Å². The van der Waals surface area contributed by atoms with E-state index in [0.29, 0.717) is 13.0 Å². The van der Waals surface area contributed by atoms with E-state index in [-0.39, 0.29) is 11.9 Å². The van der Waals surface area contributed by atoms with Crippen LogP contribution in [0.15, 0.2) is 85.2 Å². The Kier molecular flexibility index (Phi) is 7.77. The second-order valence-electron chi connectivity index (χ2n) is 6.86. The molecule has 1 atom stereocenters. The third-order valence-corrected chi connectivity index (χ3v) is 4.66. The number of aromatic nitrogens is 1. The molecule has 0 aliphatic heterocycles. The number of pyridine rings is 1. The van der Waals surface area contributed by atoms with Crippen molar-refractivity contribution in [2.45, 2.75) is 31.8 Å². The number of amides is 1. The number of aryl methyl sites for hydroxylation is 1. The predicted octanol–water partition coefficient (Wildman–Crippen LogP) is 3.53. The van der Waals surface area contributed by atoms with Gasteiger partial charge in [0.1, 0.15) is 0 Å². The van der Waals surface area contributed by atoms with Crippen molar-refractivity contribution in [1.82, 2.24) is 15.6 Å². The first-order valence-electron chi connectivity index (χ1n) is 9.79. The average Bonchev–Trinajstić information content (AvgIpc) is 2.76. The molecule has 4 heteroatoms. The van der Waals surface area contributed by atoms with Crippen LogP contribution in [0.5, 0.6) is 0 Å². The van der Waals surface area contributed by atoms with Gasteiger partial charge < -0.3 is 10.6 Å². The van der Waals surface area contributed by atoms with Crippen molar-refractivity contribution >= 4 is 5.91 Å². The molecule has 0 bridgehead atoms. The van der Waals surface area contributed by atoms with Crippen LogP contribution in [0.1, 0.15) is 23.1 Å². The van der Waals surface area contributed by atoms with Gasteiger partial charge in [0.15, 0.2) is 0 Å². The molecule has 144 valence electrons. The SMILES string of the molecule is O=C(NCc1cccnc1)C(Cc1ccccc1)NCCCc1ccccc1. The van der Waals surface area contributed by atoms with Crippen LogP contribution >= 0.6 is 0 Å². The molecule has 28 heavy (non-hydrogen) atoms. The number of carbonyl (C=O) groups excluding carboxylic acids is 1. The Bertz CT molecular complexity index is 822. The number of nitrogens with one attached hydrogen (secondary N) is 2. The zero-order chi connectivity index (χ0) is 19.4. The number of hydrogen-bond donors (Lipinski definition) is 2. The summed E-state index contributed by atoms with van der Waals surface area (Å²) in [5.41, 5.74) is 3.47. The average molecular weight is 374 g/mol. The highest BCUT2D eigenvalue weighted by Crippen LogP contribution is 2.06. The summed E-state index contributed by atoms with van der Waals surface area (Å²) < 4.78 is 0. The number of benzene rings is 2. The van der Waals surface area contributed by atoms with Gasteiger partial charge in [0.05, 0.1) is 6.04 Å². The van der Waals surface area contributed by atoms with Crippen LogP contribution < -0.4 is 10.6 Å². The van der Waals surface area contributed by atoms with Gasteiger partial charge in [0.25, 0.3) is 0 Å². The van der Waals surface area contributed by atoms with Gasteiger partial charge in [-0.3, -0.25) is 9.78 Å². The van der Waals surface area contributed by atoms with Crippen LogP contribution in [0, 0.1) is 0 Å². The minimum Gasteiger partial charge on any atom is -0.351 e. The fourth-order valence-corrected chi connectivity index (χ4v) is 3.14. The molecule has 1 heterocycles. The first-order chi connectivity index (χ1) is 13.8. The van der Waals surface area contributed by atoms with E-state index in [9.17, 15) is 4.79 Å². The summed E-state index contributed by atoms with van der Waals surface area (Å²) in [4.78, 5) is 16.9. The molecule has 0 saturated heterocycles. The minimum atomic E-state index is -0.255. The topological polar surface area (TPSA) is 54.0 Å². The lowest BCUT2D eigenvalue weighted by Crippen LogP contribution is -2.45. The molecule has 1 aromatic heterocycles. The van der Waals surface area contributed by atoms with Gasteiger partial charge in [-0.05, 0) is 48.6 Å². The fraction of sp³-hybridized carbons (Fsp3) is 0.250. The summed E-state index contributed by atoms with van der Waals surface area (Å²) in [6, 6.07) is 24.2. The predicted molar refractivity (Wildman–Crippen MR) is 113 cm³/mol. The Labute approximate surface area is 167 Å². The van der Waals surface area contributed by atoms with E-state index >= 15 is 0 Å². The second kappa shape index (κ2) is 11.0. The summed E-state index contributed by atoms with van der Waals surface area (Å²) in [7, 11) is 0. The maximum atomic E-state index is 12.8. The van der Waals surface area contributed by atoms with Gasteiger partial charge in [0, 0.05) is 18.9 Å². The number of carbonyl (C=O) groups is 1. The smallest absolute Gasteiger partial charge is 0.237 e. The Balaban J connectivity index is 1.53. The van der Waals surface area contributed by atoms with Gasteiger partial charge in [-0.15, -0.1) is 0 Å². The molecule has 0 aliphatic rings. The third kappa shape index (κ3) is 6.63. The Morgan fingerprint density at radius 3 is 2.21 bits per heavy atom. The molecule has 0 aliphatic carbocycles. The first kappa shape index (κ1) is 19.8. The van der Waals surface area contributed by atoms with Crippen LogP contribution in [-0.4, -0.2) is 23.5 Å². The van der Waals surface area contributed by atoms with Crippen molar-refractivity contribution in [2.24, 2.45) is 0 Å². The third-order valence-electron chi connectivity index (χ3n) is 4.66. The van der Waals surface area contributed by atoms with E-state index in [1.54, 1.807) is 12.4 Å². The van der Waals surface area contributed by atoms with E-state index < -0.39 is 0 Å². The molecule has 0 radical (unpaired) electrons. The van der Waals surface area contributed by atoms with Gasteiger partial charge in [-0.2, -0.15) is 0 Å². The lowest BCUT2D eigenvalue weighted by Gasteiger charge is -2.19. The van der Waals surface area contributed by atoms with Crippen molar-refractivity contribution in [3.63, 3.8) is 0 Å². The van der Waals surface area contributed by atoms with E-state index in [1.165, 1.54) is 5.56 Å². The second-order valence-corrected chi connectivity index (χ2v) is 6.86. The molecule has 1 unspecified atom stereocenters. The lowest BCUT2D eigenvalue weighted by molar-refractivity contribution is -0.123. The Hall–Kier alpha value is -2.98. The van der Waals surface area contributed by atoms with Crippen molar-refractivity contribution in [2.75, 3.05) is 6.54 Å². The fourth-order valence-electron chi connectivity index (χ4n) is 3.14. The molecule has 2 aromatic carbocycles. The maximum absolute atomic E-state index is 12.8. The summed E-state index contributed by atoms with van der Waals surface area (Å²) >= 11 is 0. The van der Waals surface area contributed by atoms with E-state index in [0.717, 1.165) is 30.5 Å². The number of nitrogens with zero attached hydrogens (tertiary/aromatic N) is 1. The summed E-state index contributed by atoms with van der Waals surface area (Å²) in [6.07, 6.45) is 6.18. The normalized spacial score (nSPS) is 11.7. The zero-order valence-corrected chi connectivity index (χ0v) is 16.1. The van der Waals surface area contributed by atoms with Crippen LogP contribution in [0.2, 0.25) is 0 Å². The van der Waals surface area contributed by atoms with Crippen molar-refractivity contribution in [3.05, 3.63) is 102 Å². The summed E-state index contributed by atoms with van der Waals surface area (Å²) in [6.45, 7) is 1.29. The number of hydrogen-bond acceptors (Lipinski definition) is 3. The quantitative estimate of drug-likeness (QED) is 0.535. The highest BCUT2D eigenvalue weighted by molar-refractivity contribution is 5.82. The molecule has 0 fully saturated rings. The summed E-state index contributed by atoms with van der Waals surface area (Å²) in [5.74, 6) is 0.0208. The molecule has 2 N–H and O–H groups in total. The molecule has 3 rings (SSSR count). The van der Waals surface area contributed by atoms with Crippen LogP contribution in [0.3, 0.4) is 0 Å². The Morgan fingerprint density at radius 2 is 1.54 bits per heavy atom. The maximum Gasteiger partial charge on any atom is 0.237 e. The van der Waals surface area contributed by atoms with Crippen LogP contribution in [0.4, 0.5) is 0 Å². The highest BCUT2D eigenvalue weighted by Gasteiger charge is 2.18. The largest absolute Gasteiger partial charge is 0.351 e. The first-order valence-corrected chi connectivity index (χ1v) is 9.79. The van der Waals surface area contributed by atoms with E-state index in [2.05, 4.69) is 52.0 Å². The van der Waals surface area contributed by atoms with Gasteiger partial charge in [-0.25, -0.2) is 0 Å². The highest BCUT2D eigenvalue weighted by atomic mass is 16.2. The molecular formula is C24H27N3O. The van der Waals surface area contributed by atoms with Gasteiger partial charge in [0.2, 0.25) is 5.91 Å².